The van der Waals surface area contributed by atoms with Crippen LogP contribution in [0.2, 0.25) is 0 Å². The Morgan fingerprint density at radius 1 is 1.03 bits per heavy atom. The largest absolute Gasteiger partial charge is 0.332 e. The van der Waals surface area contributed by atoms with Crippen molar-refractivity contribution >= 4 is 16.8 Å². The molecule has 0 bridgehead atoms. The molecule has 1 heterocycles. The number of benzene rings is 3. The first kappa shape index (κ1) is 23.4. The fourth-order valence-corrected chi connectivity index (χ4v) is 4.17. The first-order valence-electron chi connectivity index (χ1n) is 11.5. The van der Waals surface area contributed by atoms with Crippen LogP contribution in [0.3, 0.4) is 0 Å². The molecule has 1 aromatic heterocycles. The monoisotopic (exact) mass is 457 g/mol. The van der Waals surface area contributed by atoms with Crippen molar-refractivity contribution in [2.75, 3.05) is 6.54 Å². The summed E-state index contributed by atoms with van der Waals surface area (Å²) in [5.41, 5.74) is 2.96. The third kappa shape index (κ3) is 4.76. The topological polar surface area (TPSA) is 55.2 Å². The molecular weight excluding hydrogens is 429 g/mol. The molecule has 1 amide bonds. The molecule has 4 rings (SSSR count). The quantitative estimate of drug-likeness (QED) is 0.375. The predicted octanol–water partition coefficient (Wildman–Crippen LogP) is 5.38. The van der Waals surface area contributed by atoms with Crippen molar-refractivity contribution in [3.8, 4) is 5.69 Å². The van der Waals surface area contributed by atoms with E-state index in [-0.39, 0.29) is 23.7 Å². The van der Waals surface area contributed by atoms with Gasteiger partial charge in [-0.25, -0.2) is 9.37 Å². The number of hydrogen-bond donors (Lipinski definition) is 0. The zero-order valence-electron chi connectivity index (χ0n) is 19.7. The lowest BCUT2D eigenvalue weighted by molar-refractivity contribution is -0.132. The van der Waals surface area contributed by atoms with Crippen LogP contribution in [0.15, 0.2) is 77.6 Å². The maximum absolute atomic E-state index is 13.6. The number of fused-ring (bicyclic) bond motifs is 1. The third-order valence-electron chi connectivity index (χ3n) is 5.99. The van der Waals surface area contributed by atoms with Gasteiger partial charge in [0.1, 0.15) is 11.6 Å². The van der Waals surface area contributed by atoms with Crippen LogP contribution in [0, 0.1) is 12.7 Å². The number of halogens is 1. The van der Waals surface area contributed by atoms with Crippen molar-refractivity contribution in [1.29, 1.82) is 0 Å². The lowest BCUT2D eigenvalue weighted by Crippen LogP contribution is -2.38. The van der Waals surface area contributed by atoms with E-state index in [0.717, 1.165) is 17.5 Å². The molecular formula is C28H28FN3O2. The van der Waals surface area contributed by atoms with Crippen LogP contribution >= 0.6 is 0 Å². The van der Waals surface area contributed by atoms with E-state index in [0.29, 0.717) is 29.0 Å². The summed E-state index contributed by atoms with van der Waals surface area (Å²) in [6, 6.07) is 20.5. The Morgan fingerprint density at radius 2 is 1.71 bits per heavy atom. The third-order valence-corrected chi connectivity index (χ3v) is 5.99. The molecule has 3 aromatic carbocycles. The molecule has 34 heavy (non-hydrogen) atoms. The number of hydrogen-bond acceptors (Lipinski definition) is 3. The van der Waals surface area contributed by atoms with Gasteiger partial charge in [0.05, 0.1) is 29.1 Å². The van der Waals surface area contributed by atoms with Crippen LogP contribution in [0.5, 0.6) is 0 Å². The van der Waals surface area contributed by atoms with Crippen LogP contribution in [-0.4, -0.2) is 26.9 Å². The highest BCUT2D eigenvalue weighted by molar-refractivity contribution is 5.80. The molecule has 6 heteroatoms. The van der Waals surface area contributed by atoms with Crippen molar-refractivity contribution in [3.05, 3.63) is 106 Å². The summed E-state index contributed by atoms with van der Waals surface area (Å²) >= 11 is 0. The summed E-state index contributed by atoms with van der Waals surface area (Å²) in [6.45, 7) is 6.41. The molecule has 0 fully saturated rings. The summed E-state index contributed by atoms with van der Waals surface area (Å²) in [5.74, 6) is 0.0738. The lowest BCUT2D eigenvalue weighted by Gasteiger charge is -2.30. The Morgan fingerprint density at radius 3 is 2.38 bits per heavy atom. The van der Waals surface area contributed by atoms with Gasteiger partial charge in [-0.05, 0) is 62.2 Å². The number of nitrogens with zero attached hydrogens (tertiary/aromatic N) is 3. The average Bonchev–Trinajstić information content (AvgIpc) is 2.84. The van der Waals surface area contributed by atoms with Crippen LogP contribution in [0.4, 0.5) is 4.39 Å². The summed E-state index contributed by atoms with van der Waals surface area (Å²) in [4.78, 5) is 33.6. The van der Waals surface area contributed by atoms with E-state index < -0.39 is 6.04 Å². The standard InChI is InChI=1S/C28H28FN3O2/c1-4-17-31(26(33)18-21-11-13-22(29)14-12-21)20(3)27-30-25-8-6-5-7-24(25)28(34)32(27)23-15-9-19(2)10-16-23/h5-16,20H,4,17-18H2,1-3H3. The normalized spacial score (nSPS) is 12.0. The second-order valence-corrected chi connectivity index (χ2v) is 8.53. The van der Waals surface area contributed by atoms with Crippen LogP contribution in [-0.2, 0) is 11.2 Å². The van der Waals surface area contributed by atoms with Gasteiger partial charge in [-0.3, -0.25) is 14.2 Å². The highest BCUT2D eigenvalue weighted by atomic mass is 19.1. The molecule has 0 aliphatic rings. The molecule has 1 unspecified atom stereocenters. The molecule has 0 saturated heterocycles. The molecule has 0 radical (unpaired) electrons. The molecule has 174 valence electrons. The predicted molar refractivity (Wildman–Crippen MR) is 133 cm³/mol. The Labute approximate surface area is 198 Å². The summed E-state index contributed by atoms with van der Waals surface area (Å²) in [5, 5.41) is 0.527. The molecule has 0 aliphatic heterocycles. The molecule has 0 saturated carbocycles. The number of aromatic nitrogens is 2. The number of amides is 1. The van der Waals surface area contributed by atoms with Gasteiger partial charge in [0.2, 0.25) is 5.91 Å². The van der Waals surface area contributed by atoms with Crippen molar-refractivity contribution in [3.63, 3.8) is 0 Å². The summed E-state index contributed by atoms with van der Waals surface area (Å²) in [7, 11) is 0. The van der Waals surface area contributed by atoms with E-state index in [9.17, 15) is 14.0 Å². The molecule has 0 N–H and O–H groups in total. The van der Waals surface area contributed by atoms with Crippen LogP contribution < -0.4 is 5.56 Å². The van der Waals surface area contributed by atoms with Crippen molar-refractivity contribution in [2.45, 2.75) is 39.7 Å². The molecule has 4 aromatic rings. The SMILES string of the molecule is CCCN(C(=O)Cc1ccc(F)cc1)C(C)c1nc2ccccc2c(=O)n1-c1ccc(C)cc1. The minimum Gasteiger partial charge on any atom is -0.332 e. The molecule has 0 aliphatic carbocycles. The zero-order chi connectivity index (χ0) is 24.2. The Kier molecular flexibility index (Phi) is 6.87. The van der Waals surface area contributed by atoms with E-state index >= 15 is 0 Å². The molecule has 1 atom stereocenters. The highest BCUT2D eigenvalue weighted by Gasteiger charge is 2.26. The Balaban J connectivity index is 1.81. The summed E-state index contributed by atoms with van der Waals surface area (Å²) in [6.07, 6.45) is 0.898. The minimum absolute atomic E-state index is 0.0983. The van der Waals surface area contributed by atoms with Gasteiger partial charge >= 0.3 is 0 Å². The van der Waals surface area contributed by atoms with Gasteiger partial charge < -0.3 is 4.90 Å². The first-order chi connectivity index (χ1) is 16.4. The number of carbonyl (C=O) groups excluding carboxylic acids is 1. The Bertz CT molecular complexity index is 1360. The van der Waals surface area contributed by atoms with E-state index in [4.69, 9.17) is 4.98 Å². The van der Waals surface area contributed by atoms with Crippen LogP contribution in [0.25, 0.3) is 16.6 Å². The van der Waals surface area contributed by atoms with Gasteiger partial charge in [0.25, 0.3) is 5.56 Å². The molecule has 0 spiro atoms. The second-order valence-electron chi connectivity index (χ2n) is 8.53. The fourth-order valence-electron chi connectivity index (χ4n) is 4.17. The maximum Gasteiger partial charge on any atom is 0.266 e. The second kappa shape index (κ2) is 10.00. The van der Waals surface area contributed by atoms with Crippen molar-refractivity contribution < 1.29 is 9.18 Å². The van der Waals surface area contributed by atoms with E-state index in [2.05, 4.69) is 0 Å². The fraction of sp³-hybridized carbons (Fsp3) is 0.250. The lowest BCUT2D eigenvalue weighted by atomic mass is 10.1. The van der Waals surface area contributed by atoms with Gasteiger partial charge in [0, 0.05) is 6.54 Å². The smallest absolute Gasteiger partial charge is 0.266 e. The zero-order valence-corrected chi connectivity index (χ0v) is 19.7. The minimum atomic E-state index is -0.452. The summed E-state index contributed by atoms with van der Waals surface area (Å²) < 4.78 is 14.9. The van der Waals surface area contributed by atoms with Gasteiger partial charge in [-0.15, -0.1) is 0 Å². The number of rotatable bonds is 7. The average molecular weight is 458 g/mol. The van der Waals surface area contributed by atoms with Gasteiger partial charge in [-0.1, -0.05) is 48.9 Å². The highest BCUT2D eigenvalue weighted by Crippen LogP contribution is 2.24. The molecule has 5 nitrogen and oxygen atoms in total. The Hall–Kier alpha value is -3.80. The number of aryl methyl sites for hydroxylation is 1. The number of carbonyl (C=O) groups is 1. The van der Waals surface area contributed by atoms with Crippen molar-refractivity contribution in [2.24, 2.45) is 0 Å². The first-order valence-corrected chi connectivity index (χ1v) is 11.5. The van der Waals surface area contributed by atoms with Crippen LogP contribution in [0.1, 0.15) is 43.3 Å². The van der Waals surface area contributed by atoms with E-state index in [1.165, 1.54) is 12.1 Å². The maximum atomic E-state index is 13.6. The van der Waals surface area contributed by atoms with Gasteiger partial charge in [-0.2, -0.15) is 0 Å². The van der Waals surface area contributed by atoms with E-state index in [1.54, 1.807) is 27.7 Å². The van der Waals surface area contributed by atoms with E-state index in [1.807, 2.05) is 63.2 Å². The van der Waals surface area contributed by atoms with Crippen molar-refractivity contribution in [1.82, 2.24) is 14.5 Å². The number of para-hydroxylation sites is 1. The van der Waals surface area contributed by atoms with Gasteiger partial charge in [0.15, 0.2) is 0 Å².